The van der Waals surface area contributed by atoms with Crippen molar-refractivity contribution in [1.29, 1.82) is 0 Å². The Bertz CT molecular complexity index is 1780. The number of rotatable bonds is 13. The van der Waals surface area contributed by atoms with Crippen LogP contribution in [0.4, 0.5) is 0 Å². The molecule has 6 nitrogen and oxygen atoms in total. The minimum absolute atomic E-state index is 0.521. The fourth-order valence-corrected chi connectivity index (χ4v) is 7.79. The van der Waals surface area contributed by atoms with Crippen LogP contribution >= 0.6 is 0 Å². The summed E-state index contributed by atoms with van der Waals surface area (Å²) in [5.74, 6) is 18.2. The van der Waals surface area contributed by atoms with Crippen molar-refractivity contribution < 1.29 is 9.47 Å². The minimum atomic E-state index is 0.521. The van der Waals surface area contributed by atoms with E-state index in [1.165, 1.54) is 101 Å². The van der Waals surface area contributed by atoms with Crippen molar-refractivity contribution in [3.63, 3.8) is 0 Å². The lowest BCUT2D eigenvalue weighted by Crippen LogP contribution is -2.13. The molecule has 2 aromatic carbocycles. The molecule has 2 heterocycles. The Kier molecular flexibility index (Phi) is 17.6. The zero-order valence-corrected chi connectivity index (χ0v) is 33.9. The second-order valence-corrected chi connectivity index (χ2v) is 15.2. The fraction of sp³-hybridized carbons (Fsp3) is 0.510. The molecular formula is C49H62N4O2. The van der Waals surface area contributed by atoms with Gasteiger partial charge in [-0.25, -0.2) is 19.9 Å². The van der Waals surface area contributed by atoms with Crippen molar-refractivity contribution in [2.45, 2.75) is 136 Å². The number of aromatic nitrogens is 4. The van der Waals surface area contributed by atoms with Gasteiger partial charge in [0, 0.05) is 11.1 Å². The molecule has 0 spiro atoms. The van der Waals surface area contributed by atoms with Crippen LogP contribution in [0.2, 0.25) is 0 Å². The summed E-state index contributed by atoms with van der Waals surface area (Å²) < 4.78 is 10.8. The normalized spacial score (nSPS) is 19.1. The van der Waals surface area contributed by atoms with Gasteiger partial charge in [0.2, 0.25) is 11.6 Å². The van der Waals surface area contributed by atoms with Gasteiger partial charge in [0.1, 0.15) is 0 Å². The molecule has 0 amide bonds. The lowest BCUT2D eigenvalue weighted by Gasteiger charge is -2.28. The number of hydrogen-bond acceptors (Lipinski definition) is 6. The molecular weight excluding hydrogens is 677 g/mol. The average molecular weight is 739 g/mol. The molecule has 2 fully saturated rings. The van der Waals surface area contributed by atoms with Crippen LogP contribution in [0.5, 0.6) is 11.5 Å². The van der Waals surface area contributed by atoms with Crippen molar-refractivity contribution in [2.75, 3.05) is 13.2 Å². The van der Waals surface area contributed by atoms with Crippen LogP contribution in [0.1, 0.15) is 170 Å². The van der Waals surface area contributed by atoms with Crippen molar-refractivity contribution >= 4 is 0 Å². The van der Waals surface area contributed by atoms with E-state index < -0.39 is 0 Å². The van der Waals surface area contributed by atoms with Crippen molar-refractivity contribution in [3.8, 4) is 35.2 Å². The molecule has 2 aromatic heterocycles. The Morgan fingerprint density at radius 2 is 0.891 bits per heavy atom. The Morgan fingerprint density at radius 1 is 0.491 bits per heavy atom. The van der Waals surface area contributed by atoms with Crippen LogP contribution in [-0.4, -0.2) is 33.1 Å². The topological polar surface area (TPSA) is 70.0 Å². The average Bonchev–Trinajstić information content (AvgIpc) is 3.25. The second kappa shape index (κ2) is 23.3. The predicted octanol–water partition coefficient (Wildman–Crippen LogP) is 11.9. The summed E-state index contributed by atoms with van der Waals surface area (Å²) in [5, 5.41) is 0. The molecule has 2 saturated carbocycles. The Labute approximate surface area is 331 Å². The molecule has 0 bridgehead atoms. The van der Waals surface area contributed by atoms with E-state index in [0.717, 1.165) is 41.2 Å². The third-order valence-corrected chi connectivity index (χ3v) is 11.1. The van der Waals surface area contributed by atoms with E-state index in [0.29, 0.717) is 36.4 Å². The molecule has 0 unspecified atom stereocenters. The number of nitrogens with zero attached hydrogens (tertiary/aromatic N) is 4. The number of ether oxygens (including phenoxy) is 2. The highest BCUT2D eigenvalue weighted by atomic mass is 16.5. The molecule has 2 aliphatic rings. The summed E-state index contributed by atoms with van der Waals surface area (Å²) in [4.78, 5) is 17.0. The first-order chi connectivity index (χ1) is 27.1. The highest BCUT2D eigenvalue weighted by molar-refractivity contribution is 5.41. The number of hydrogen-bond donors (Lipinski definition) is 0. The standard InChI is InChI=1S/C25H32N2O.C24H30N2O/c1-3-5-6-20-7-12-22(13-8-20)23-14-9-21(10-15-23)11-16-25-26-18-24(19-27-25)28-17-4-2;1-3-5-6-19-7-12-21(13-8-19)22-14-9-20(10-15-22)11-16-24-25-17-23(18-26-24)27-4-2/h9-10,14-15,18-20,22H,3-8,12-13,17H2,1-2H3;9-10,14-15,17-19,21H,3-8,12-13H2,1-2H3/t20-,22-;19-,21-. The van der Waals surface area contributed by atoms with E-state index in [2.05, 4.69) is 113 Å². The maximum atomic E-state index is 5.50. The third-order valence-electron chi connectivity index (χ3n) is 11.1. The van der Waals surface area contributed by atoms with E-state index >= 15 is 0 Å². The third kappa shape index (κ3) is 14.2. The summed E-state index contributed by atoms with van der Waals surface area (Å²) in [6.45, 7) is 9.89. The molecule has 6 heteroatoms. The zero-order valence-electron chi connectivity index (χ0n) is 33.9. The summed E-state index contributed by atoms with van der Waals surface area (Å²) in [5.41, 5.74) is 4.95. The second-order valence-electron chi connectivity index (χ2n) is 15.2. The molecule has 2 aliphatic carbocycles. The zero-order chi connectivity index (χ0) is 38.5. The van der Waals surface area contributed by atoms with Crippen LogP contribution in [-0.2, 0) is 0 Å². The molecule has 290 valence electrons. The first kappa shape index (κ1) is 41.5. The molecule has 0 aliphatic heterocycles. The molecule has 55 heavy (non-hydrogen) atoms. The Hall–Kier alpha value is -4.68. The molecule has 0 N–H and O–H groups in total. The maximum Gasteiger partial charge on any atom is 0.205 e. The fourth-order valence-electron chi connectivity index (χ4n) is 7.79. The monoisotopic (exact) mass is 738 g/mol. The Balaban J connectivity index is 0.000000211. The Morgan fingerprint density at radius 3 is 1.25 bits per heavy atom. The van der Waals surface area contributed by atoms with Gasteiger partial charge in [-0.1, -0.05) is 95.4 Å². The van der Waals surface area contributed by atoms with Gasteiger partial charge < -0.3 is 9.47 Å². The lowest BCUT2D eigenvalue weighted by molar-refractivity contribution is 0.304. The van der Waals surface area contributed by atoms with Crippen LogP contribution in [0.15, 0.2) is 73.3 Å². The van der Waals surface area contributed by atoms with Crippen LogP contribution in [0, 0.1) is 35.5 Å². The highest BCUT2D eigenvalue weighted by Gasteiger charge is 2.23. The first-order valence-corrected chi connectivity index (χ1v) is 21.2. The smallest absolute Gasteiger partial charge is 0.205 e. The summed E-state index contributed by atoms with van der Waals surface area (Å²) >= 11 is 0. The van der Waals surface area contributed by atoms with E-state index in [1.54, 1.807) is 24.8 Å². The first-order valence-electron chi connectivity index (χ1n) is 21.2. The molecule has 0 saturated heterocycles. The number of benzene rings is 2. The van der Waals surface area contributed by atoms with Crippen LogP contribution < -0.4 is 9.47 Å². The summed E-state index contributed by atoms with van der Waals surface area (Å²) in [6, 6.07) is 17.5. The quantitative estimate of drug-likeness (QED) is 0.127. The highest BCUT2D eigenvalue weighted by Crippen LogP contribution is 2.39. The van der Waals surface area contributed by atoms with Crippen molar-refractivity contribution in [2.24, 2.45) is 11.8 Å². The van der Waals surface area contributed by atoms with E-state index in [4.69, 9.17) is 9.47 Å². The van der Waals surface area contributed by atoms with E-state index in [9.17, 15) is 0 Å². The van der Waals surface area contributed by atoms with Gasteiger partial charge in [-0.05, 0) is 136 Å². The SMILES string of the molecule is CCCC[C@H]1CC[C@H](c2ccc(C#Cc3ncc(OCC)cn3)cc2)CC1.CCCC[C@H]1CC[C@H](c2ccc(C#Cc3ncc(OCCC)cn3)cc2)CC1. The van der Waals surface area contributed by atoms with Crippen molar-refractivity contribution in [3.05, 3.63) is 107 Å². The van der Waals surface area contributed by atoms with Gasteiger partial charge in [0.15, 0.2) is 11.5 Å². The van der Waals surface area contributed by atoms with Crippen LogP contribution in [0.25, 0.3) is 0 Å². The van der Waals surface area contributed by atoms with Gasteiger partial charge in [0.05, 0.1) is 38.0 Å². The van der Waals surface area contributed by atoms with E-state index in [1.807, 2.05) is 6.92 Å². The molecule has 4 aromatic rings. The lowest BCUT2D eigenvalue weighted by atomic mass is 9.77. The van der Waals surface area contributed by atoms with Gasteiger partial charge in [-0.3, -0.25) is 0 Å². The summed E-state index contributed by atoms with van der Waals surface area (Å²) in [6.07, 6.45) is 26.8. The van der Waals surface area contributed by atoms with Gasteiger partial charge in [-0.2, -0.15) is 0 Å². The minimum Gasteiger partial charge on any atom is -0.491 e. The predicted molar refractivity (Wildman–Crippen MR) is 224 cm³/mol. The summed E-state index contributed by atoms with van der Waals surface area (Å²) in [7, 11) is 0. The largest absolute Gasteiger partial charge is 0.491 e. The van der Waals surface area contributed by atoms with Gasteiger partial charge in [-0.15, -0.1) is 0 Å². The number of unbranched alkanes of at least 4 members (excludes halogenated alkanes) is 2. The van der Waals surface area contributed by atoms with Gasteiger partial charge >= 0.3 is 0 Å². The molecule has 0 atom stereocenters. The van der Waals surface area contributed by atoms with Crippen LogP contribution in [0.3, 0.4) is 0 Å². The maximum absolute atomic E-state index is 5.50. The molecule has 6 rings (SSSR count). The van der Waals surface area contributed by atoms with Gasteiger partial charge in [0.25, 0.3) is 0 Å². The molecule has 0 radical (unpaired) electrons. The van der Waals surface area contributed by atoms with E-state index in [-0.39, 0.29) is 0 Å². The van der Waals surface area contributed by atoms with Crippen molar-refractivity contribution in [1.82, 2.24) is 19.9 Å².